The topological polar surface area (TPSA) is 60.4 Å². The van der Waals surface area contributed by atoms with Gasteiger partial charge >= 0.3 is 5.97 Å². The molecule has 0 N–H and O–H groups in total. The van der Waals surface area contributed by atoms with Gasteiger partial charge in [0.1, 0.15) is 0 Å². The van der Waals surface area contributed by atoms with Gasteiger partial charge in [0.25, 0.3) is 0 Å². The standard InChI is InChI=1S/C8H14O4S/c1-6(2)5-13(10,11)7(3)8(9)12-4/h7H,1,5H2,2-4H3. The number of ether oxygens (including phenoxy) is 1. The van der Waals surface area contributed by atoms with E-state index in [9.17, 15) is 13.2 Å². The van der Waals surface area contributed by atoms with E-state index < -0.39 is 21.1 Å². The van der Waals surface area contributed by atoms with Gasteiger partial charge in [-0.2, -0.15) is 0 Å². The van der Waals surface area contributed by atoms with Gasteiger partial charge in [0.15, 0.2) is 15.1 Å². The quantitative estimate of drug-likeness (QED) is 0.497. The van der Waals surface area contributed by atoms with Crippen LogP contribution in [0.2, 0.25) is 0 Å². The average Bonchev–Trinajstić information content (AvgIpc) is 1.99. The average molecular weight is 206 g/mol. The highest BCUT2D eigenvalue weighted by molar-refractivity contribution is 7.92. The van der Waals surface area contributed by atoms with Crippen molar-refractivity contribution in [3.8, 4) is 0 Å². The summed E-state index contributed by atoms with van der Waals surface area (Å²) in [6.45, 7) is 6.38. The molecule has 0 aromatic carbocycles. The molecule has 1 unspecified atom stereocenters. The Morgan fingerprint density at radius 1 is 1.54 bits per heavy atom. The second kappa shape index (κ2) is 4.41. The van der Waals surface area contributed by atoms with Gasteiger partial charge in [-0.3, -0.25) is 4.79 Å². The zero-order valence-electron chi connectivity index (χ0n) is 8.03. The maximum atomic E-state index is 11.4. The zero-order chi connectivity index (χ0) is 10.6. The van der Waals surface area contributed by atoms with Crippen LogP contribution in [-0.2, 0) is 19.4 Å². The molecule has 4 nitrogen and oxygen atoms in total. The van der Waals surface area contributed by atoms with E-state index >= 15 is 0 Å². The van der Waals surface area contributed by atoms with Crippen LogP contribution in [0.3, 0.4) is 0 Å². The van der Waals surface area contributed by atoms with Crippen molar-refractivity contribution >= 4 is 15.8 Å². The van der Waals surface area contributed by atoms with Gasteiger partial charge in [-0.1, -0.05) is 12.2 Å². The van der Waals surface area contributed by atoms with Crippen LogP contribution in [0.5, 0.6) is 0 Å². The smallest absolute Gasteiger partial charge is 0.323 e. The fraction of sp³-hybridized carbons (Fsp3) is 0.625. The van der Waals surface area contributed by atoms with Crippen LogP contribution in [0.1, 0.15) is 13.8 Å². The number of esters is 1. The minimum atomic E-state index is -3.44. The third-order valence-electron chi connectivity index (χ3n) is 1.52. The molecule has 1 atom stereocenters. The van der Waals surface area contributed by atoms with Gasteiger partial charge in [0.05, 0.1) is 12.9 Å². The summed E-state index contributed by atoms with van der Waals surface area (Å²) >= 11 is 0. The van der Waals surface area contributed by atoms with Crippen LogP contribution in [0.4, 0.5) is 0 Å². The molecule has 13 heavy (non-hydrogen) atoms. The van der Waals surface area contributed by atoms with Crippen LogP contribution in [0, 0.1) is 0 Å². The first kappa shape index (κ1) is 12.2. The van der Waals surface area contributed by atoms with Crippen molar-refractivity contribution in [2.45, 2.75) is 19.1 Å². The molecule has 5 heteroatoms. The van der Waals surface area contributed by atoms with Crippen LogP contribution in [-0.4, -0.2) is 32.5 Å². The number of rotatable bonds is 4. The van der Waals surface area contributed by atoms with E-state index in [2.05, 4.69) is 11.3 Å². The molecule has 76 valence electrons. The lowest BCUT2D eigenvalue weighted by Crippen LogP contribution is -2.30. The lowest BCUT2D eigenvalue weighted by atomic mass is 10.4. The summed E-state index contributed by atoms with van der Waals surface area (Å²) < 4.78 is 27.1. The molecule has 0 aliphatic rings. The molecule has 0 rings (SSSR count). The molecule has 0 bridgehead atoms. The zero-order valence-corrected chi connectivity index (χ0v) is 8.85. The molecule has 0 aromatic heterocycles. The van der Waals surface area contributed by atoms with Crippen molar-refractivity contribution in [1.29, 1.82) is 0 Å². The summed E-state index contributed by atoms with van der Waals surface area (Å²) in [5, 5.41) is -1.12. The Balaban J connectivity index is 4.65. The first-order chi connectivity index (χ1) is 5.81. The fourth-order valence-electron chi connectivity index (χ4n) is 0.781. The van der Waals surface area contributed by atoms with Gasteiger partial charge in [0, 0.05) is 0 Å². The summed E-state index contributed by atoms with van der Waals surface area (Å²) in [6, 6.07) is 0. The number of hydrogen-bond acceptors (Lipinski definition) is 4. The Morgan fingerprint density at radius 2 is 2.00 bits per heavy atom. The van der Waals surface area contributed by atoms with Crippen molar-refractivity contribution in [2.24, 2.45) is 0 Å². The fourth-order valence-corrected chi connectivity index (χ4v) is 2.11. The highest BCUT2D eigenvalue weighted by Crippen LogP contribution is 2.07. The SMILES string of the molecule is C=C(C)CS(=O)(=O)C(C)C(=O)OC. The molecule has 0 amide bonds. The van der Waals surface area contributed by atoms with Gasteiger partial charge < -0.3 is 4.74 Å². The molecular formula is C8H14O4S. The predicted octanol–water partition coefficient (Wildman–Crippen LogP) is 0.539. The van der Waals surface area contributed by atoms with E-state index in [1.807, 2.05) is 0 Å². The van der Waals surface area contributed by atoms with Gasteiger partial charge in [0.2, 0.25) is 0 Å². The summed E-state index contributed by atoms with van der Waals surface area (Å²) in [6.07, 6.45) is 0. The molecule has 0 aliphatic carbocycles. The minimum absolute atomic E-state index is 0.177. The molecule has 0 saturated carbocycles. The van der Waals surface area contributed by atoms with Crippen molar-refractivity contribution in [3.63, 3.8) is 0 Å². The van der Waals surface area contributed by atoms with Crippen LogP contribution in [0.25, 0.3) is 0 Å². The largest absolute Gasteiger partial charge is 0.468 e. The Hall–Kier alpha value is -0.840. The molecule has 0 saturated heterocycles. The summed E-state index contributed by atoms with van der Waals surface area (Å²) in [5.41, 5.74) is 0.510. The number of hydrogen-bond donors (Lipinski definition) is 0. The Kier molecular flexibility index (Phi) is 4.13. The summed E-state index contributed by atoms with van der Waals surface area (Å²) in [4.78, 5) is 10.9. The lowest BCUT2D eigenvalue weighted by molar-refractivity contribution is -0.139. The Morgan fingerprint density at radius 3 is 2.31 bits per heavy atom. The second-order valence-electron chi connectivity index (χ2n) is 2.93. The van der Waals surface area contributed by atoms with Crippen molar-refractivity contribution in [2.75, 3.05) is 12.9 Å². The number of carbonyl (C=O) groups excluding carboxylic acids is 1. The summed E-state index contributed by atoms with van der Waals surface area (Å²) in [5.74, 6) is -0.912. The van der Waals surface area contributed by atoms with E-state index in [1.165, 1.54) is 6.92 Å². The van der Waals surface area contributed by atoms with E-state index in [4.69, 9.17) is 0 Å². The van der Waals surface area contributed by atoms with E-state index in [0.717, 1.165) is 7.11 Å². The van der Waals surface area contributed by atoms with E-state index in [1.54, 1.807) is 6.92 Å². The first-order valence-corrected chi connectivity index (χ1v) is 5.46. The third-order valence-corrected chi connectivity index (χ3v) is 3.68. The molecule has 0 spiro atoms. The second-order valence-corrected chi connectivity index (χ2v) is 5.25. The molecule has 0 fully saturated rings. The van der Waals surface area contributed by atoms with Crippen LogP contribution in [0.15, 0.2) is 12.2 Å². The molecule has 0 aromatic rings. The molecule has 0 aliphatic heterocycles. The van der Waals surface area contributed by atoms with Crippen LogP contribution < -0.4 is 0 Å². The number of sulfone groups is 1. The third kappa shape index (κ3) is 3.59. The first-order valence-electron chi connectivity index (χ1n) is 3.75. The highest BCUT2D eigenvalue weighted by atomic mass is 32.2. The predicted molar refractivity (Wildman–Crippen MR) is 50.1 cm³/mol. The van der Waals surface area contributed by atoms with Crippen molar-refractivity contribution in [3.05, 3.63) is 12.2 Å². The Labute approximate surface area is 78.5 Å². The van der Waals surface area contributed by atoms with Gasteiger partial charge in [-0.05, 0) is 13.8 Å². The van der Waals surface area contributed by atoms with Gasteiger partial charge in [-0.25, -0.2) is 8.42 Å². The monoisotopic (exact) mass is 206 g/mol. The van der Waals surface area contributed by atoms with Crippen molar-refractivity contribution < 1.29 is 17.9 Å². The number of carbonyl (C=O) groups is 1. The maximum absolute atomic E-state index is 11.4. The van der Waals surface area contributed by atoms with Gasteiger partial charge in [-0.15, -0.1) is 0 Å². The minimum Gasteiger partial charge on any atom is -0.468 e. The molecule has 0 radical (unpaired) electrons. The number of methoxy groups -OCH3 is 1. The maximum Gasteiger partial charge on any atom is 0.323 e. The Bertz CT molecular complexity index is 302. The summed E-state index contributed by atoms with van der Waals surface area (Å²) in [7, 11) is -2.28. The highest BCUT2D eigenvalue weighted by Gasteiger charge is 2.28. The van der Waals surface area contributed by atoms with Crippen molar-refractivity contribution in [1.82, 2.24) is 0 Å². The normalized spacial score (nSPS) is 13.5. The lowest BCUT2D eigenvalue weighted by Gasteiger charge is -2.09. The molecular weight excluding hydrogens is 192 g/mol. The molecule has 0 heterocycles. The van der Waals surface area contributed by atoms with E-state index in [0.29, 0.717) is 5.57 Å². The van der Waals surface area contributed by atoms with E-state index in [-0.39, 0.29) is 5.75 Å². The van der Waals surface area contributed by atoms with Crippen LogP contribution >= 0.6 is 0 Å².